The molecular formula is C21H30N4O. The summed E-state index contributed by atoms with van der Waals surface area (Å²) in [6.45, 7) is 4.44. The van der Waals surface area contributed by atoms with E-state index in [1.165, 1.54) is 25.7 Å². The third kappa shape index (κ3) is 5.18. The minimum absolute atomic E-state index is 0.0325. The number of aromatic nitrogens is 2. The van der Waals surface area contributed by atoms with E-state index in [1.54, 1.807) is 10.9 Å². The highest BCUT2D eigenvalue weighted by Gasteiger charge is 2.22. The maximum absolute atomic E-state index is 12.5. The summed E-state index contributed by atoms with van der Waals surface area (Å²) < 4.78 is 1.79. The SMILES string of the molecule is CCCNCCC1CCC(NC(=O)c2ccc(-n3cccn3)cc2)CC1. The number of hydrogen-bond donors (Lipinski definition) is 2. The fourth-order valence-electron chi connectivity index (χ4n) is 3.66. The van der Waals surface area contributed by atoms with Crippen LogP contribution in [0, 0.1) is 5.92 Å². The van der Waals surface area contributed by atoms with Crippen LogP contribution in [0.25, 0.3) is 5.69 Å². The number of hydrogen-bond acceptors (Lipinski definition) is 3. The van der Waals surface area contributed by atoms with Crippen LogP contribution in [-0.4, -0.2) is 34.8 Å². The molecule has 0 atom stereocenters. The Morgan fingerprint density at radius 2 is 1.92 bits per heavy atom. The van der Waals surface area contributed by atoms with Gasteiger partial charge >= 0.3 is 0 Å². The molecule has 140 valence electrons. The zero-order chi connectivity index (χ0) is 18.2. The first kappa shape index (κ1) is 18.6. The first-order valence-corrected chi connectivity index (χ1v) is 9.88. The smallest absolute Gasteiger partial charge is 0.251 e. The highest BCUT2D eigenvalue weighted by molar-refractivity contribution is 5.94. The van der Waals surface area contributed by atoms with Gasteiger partial charge in [0.1, 0.15) is 0 Å². The van der Waals surface area contributed by atoms with E-state index in [2.05, 4.69) is 22.7 Å². The van der Waals surface area contributed by atoms with Crippen LogP contribution in [0.2, 0.25) is 0 Å². The molecular weight excluding hydrogens is 324 g/mol. The van der Waals surface area contributed by atoms with Crippen LogP contribution in [0.5, 0.6) is 0 Å². The normalized spacial score (nSPS) is 20.0. The molecule has 1 aliphatic carbocycles. The predicted molar refractivity (Wildman–Crippen MR) is 105 cm³/mol. The van der Waals surface area contributed by atoms with Gasteiger partial charge in [0.05, 0.1) is 5.69 Å². The van der Waals surface area contributed by atoms with Crippen LogP contribution < -0.4 is 10.6 Å². The maximum atomic E-state index is 12.5. The predicted octanol–water partition coefficient (Wildman–Crippen LogP) is 3.55. The van der Waals surface area contributed by atoms with Crippen molar-refractivity contribution in [2.24, 2.45) is 5.92 Å². The second-order valence-corrected chi connectivity index (χ2v) is 7.23. The lowest BCUT2D eigenvalue weighted by Crippen LogP contribution is -2.38. The van der Waals surface area contributed by atoms with Gasteiger partial charge in [0, 0.05) is 24.0 Å². The molecule has 3 rings (SSSR count). The van der Waals surface area contributed by atoms with Crippen molar-refractivity contribution in [1.82, 2.24) is 20.4 Å². The van der Waals surface area contributed by atoms with Gasteiger partial charge in [0.25, 0.3) is 5.91 Å². The molecule has 0 radical (unpaired) electrons. The van der Waals surface area contributed by atoms with Gasteiger partial charge in [-0.25, -0.2) is 4.68 Å². The summed E-state index contributed by atoms with van der Waals surface area (Å²) in [5.74, 6) is 0.839. The molecule has 1 saturated carbocycles. The fraction of sp³-hybridized carbons (Fsp3) is 0.524. The Morgan fingerprint density at radius 3 is 2.58 bits per heavy atom. The molecule has 0 saturated heterocycles. The molecule has 1 amide bonds. The minimum Gasteiger partial charge on any atom is -0.349 e. The van der Waals surface area contributed by atoms with Crippen LogP contribution in [0.1, 0.15) is 55.8 Å². The molecule has 5 nitrogen and oxygen atoms in total. The fourth-order valence-corrected chi connectivity index (χ4v) is 3.66. The lowest BCUT2D eigenvalue weighted by atomic mass is 9.84. The van der Waals surface area contributed by atoms with Crippen molar-refractivity contribution in [2.45, 2.75) is 51.5 Å². The summed E-state index contributed by atoms with van der Waals surface area (Å²) in [5.41, 5.74) is 1.68. The van der Waals surface area contributed by atoms with Gasteiger partial charge in [0.15, 0.2) is 0 Å². The Kier molecular flexibility index (Phi) is 6.83. The van der Waals surface area contributed by atoms with E-state index < -0.39 is 0 Å². The molecule has 2 N–H and O–H groups in total. The number of carbonyl (C=O) groups is 1. The second kappa shape index (κ2) is 9.53. The maximum Gasteiger partial charge on any atom is 0.251 e. The van der Waals surface area contributed by atoms with Crippen molar-refractivity contribution < 1.29 is 4.79 Å². The third-order valence-electron chi connectivity index (χ3n) is 5.24. The number of nitrogens with one attached hydrogen (secondary N) is 2. The van der Waals surface area contributed by atoms with Gasteiger partial charge in [-0.2, -0.15) is 5.10 Å². The van der Waals surface area contributed by atoms with Gasteiger partial charge in [-0.15, -0.1) is 0 Å². The number of nitrogens with zero attached hydrogens (tertiary/aromatic N) is 2. The van der Waals surface area contributed by atoms with Crippen molar-refractivity contribution in [3.63, 3.8) is 0 Å². The first-order chi connectivity index (χ1) is 12.8. The van der Waals surface area contributed by atoms with Gasteiger partial charge in [0.2, 0.25) is 0 Å². The Hall–Kier alpha value is -2.14. The van der Waals surface area contributed by atoms with Crippen LogP contribution in [0.3, 0.4) is 0 Å². The number of carbonyl (C=O) groups excluding carboxylic acids is 1. The van der Waals surface area contributed by atoms with Crippen molar-refractivity contribution >= 4 is 5.91 Å². The summed E-state index contributed by atoms with van der Waals surface area (Å²) in [5, 5.41) is 10.9. The summed E-state index contributed by atoms with van der Waals surface area (Å²) in [6, 6.07) is 9.81. The van der Waals surface area contributed by atoms with E-state index >= 15 is 0 Å². The monoisotopic (exact) mass is 354 g/mol. The summed E-state index contributed by atoms with van der Waals surface area (Å²) in [6.07, 6.45) is 10.7. The van der Waals surface area contributed by atoms with E-state index in [-0.39, 0.29) is 5.91 Å². The summed E-state index contributed by atoms with van der Waals surface area (Å²) >= 11 is 0. The van der Waals surface area contributed by atoms with Crippen LogP contribution in [-0.2, 0) is 0 Å². The lowest BCUT2D eigenvalue weighted by molar-refractivity contribution is 0.0921. The van der Waals surface area contributed by atoms with E-state index in [1.807, 2.05) is 36.5 Å². The Morgan fingerprint density at radius 1 is 1.15 bits per heavy atom. The number of amides is 1. The Labute approximate surface area is 156 Å². The average Bonchev–Trinajstić information content (AvgIpc) is 3.21. The van der Waals surface area contributed by atoms with Gasteiger partial charge in [-0.3, -0.25) is 4.79 Å². The van der Waals surface area contributed by atoms with Crippen LogP contribution in [0.15, 0.2) is 42.7 Å². The van der Waals surface area contributed by atoms with E-state index in [0.717, 1.165) is 37.5 Å². The molecule has 0 spiro atoms. The van der Waals surface area contributed by atoms with Gasteiger partial charge < -0.3 is 10.6 Å². The molecule has 0 unspecified atom stereocenters. The zero-order valence-corrected chi connectivity index (χ0v) is 15.7. The van der Waals surface area contributed by atoms with Crippen molar-refractivity contribution in [3.8, 4) is 5.69 Å². The molecule has 1 fully saturated rings. The summed E-state index contributed by atoms with van der Waals surface area (Å²) in [7, 11) is 0. The Bertz CT molecular complexity index is 658. The van der Waals surface area contributed by atoms with E-state index in [4.69, 9.17) is 0 Å². The first-order valence-electron chi connectivity index (χ1n) is 9.88. The Balaban J connectivity index is 1.43. The molecule has 0 bridgehead atoms. The average molecular weight is 354 g/mol. The molecule has 2 aromatic rings. The third-order valence-corrected chi connectivity index (χ3v) is 5.24. The standard InChI is InChI=1S/C21H30N4O/c1-2-13-22-15-12-17-4-8-19(9-5-17)24-21(26)18-6-10-20(11-7-18)25-16-3-14-23-25/h3,6-7,10-11,14,16-17,19,22H,2,4-5,8-9,12-13,15H2,1H3,(H,24,26). The highest BCUT2D eigenvalue weighted by Crippen LogP contribution is 2.26. The topological polar surface area (TPSA) is 58.9 Å². The van der Waals surface area contributed by atoms with E-state index in [9.17, 15) is 4.79 Å². The molecule has 1 heterocycles. The van der Waals surface area contributed by atoms with Gasteiger partial charge in [-0.1, -0.05) is 6.92 Å². The quantitative estimate of drug-likeness (QED) is 0.713. The second-order valence-electron chi connectivity index (χ2n) is 7.23. The summed E-state index contributed by atoms with van der Waals surface area (Å²) in [4.78, 5) is 12.5. The molecule has 1 aromatic carbocycles. The van der Waals surface area contributed by atoms with Crippen molar-refractivity contribution in [2.75, 3.05) is 13.1 Å². The lowest BCUT2D eigenvalue weighted by Gasteiger charge is -2.29. The van der Waals surface area contributed by atoms with Gasteiger partial charge in [-0.05, 0) is 87.9 Å². The van der Waals surface area contributed by atoms with Crippen LogP contribution >= 0.6 is 0 Å². The van der Waals surface area contributed by atoms with Crippen LogP contribution in [0.4, 0.5) is 0 Å². The largest absolute Gasteiger partial charge is 0.349 e. The number of benzene rings is 1. The highest BCUT2D eigenvalue weighted by atomic mass is 16.1. The molecule has 26 heavy (non-hydrogen) atoms. The van der Waals surface area contributed by atoms with Crippen molar-refractivity contribution in [3.05, 3.63) is 48.3 Å². The minimum atomic E-state index is 0.0325. The van der Waals surface area contributed by atoms with E-state index in [0.29, 0.717) is 11.6 Å². The molecule has 5 heteroatoms. The molecule has 1 aromatic heterocycles. The zero-order valence-electron chi connectivity index (χ0n) is 15.7. The number of rotatable bonds is 8. The van der Waals surface area contributed by atoms with Crippen molar-refractivity contribution in [1.29, 1.82) is 0 Å². The molecule has 1 aliphatic rings. The molecule has 0 aliphatic heterocycles.